The Hall–Kier alpha value is -2.39. The van der Waals surface area contributed by atoms with Crippen molar-refractivity contribution in [1.29, 1.82) is 0 Å². The van der Waals surface area contributed by atoms with Crippen molar-refractivity contribution in [2.75, 3.05) is 0 Å². The van der Waals surface area contributed by atoms with Gasteiger partial charge < -0.3 is 4.98 Å². The third-order valence-corrected chi connectivity index (χ3v) is 4.33. The molecule has 3 aromatic rings. The lowest BCUT2D eigenvalue weighted by Crippen LogP contribution is -2.03. The van der Waals surface area contributed by atoms with Crippen LogP contribution in [0.3, 0.4) is 0 Å². The summed E-state index contributed by atoms with van der Waals surface area (Å²) in [5.74, 6) is -0.0342. The van der Waals surface area contributed by atoms with Crippen LogP contribution in [0.2, 0.25) is 0 Å². The van der Waals surface area contributed by atoms with Crippen LogP contribution in [0.1, 0.15) is 32.7 Å². The Balaban J connectivity index is 1.77. The number of benzene rings is 2. The van der Waals surface area contributed by atoms with E-state index >= 15 is 0 Å². The second kappa shape index (κ2) is 4.82. The van der Waals surface area contributed by atoms with Crippen molar-refractivity contribution < 1.29 is 4.79 Å². The minimum absolute atomic E-state index is 0.0342. The maximum Gasteiger partial charge on any atom is 0.209 e. The molecule has 108 valence electrons. The molecule has 0 bridgehead atoms. The Bertz CT molecular complexity index is 953. The Morgan fingerprint density at radius 1 is 1.18 bits per heavy atom. The van der Waals surface area contributed by atoms with Gasteiger partial charge in [0.1, 0.15) is 5.17 Å². The van der Waals surface area contributed by atoms with Crippen LogP contribution in [-0.4, -0.2) is 15.9 Å². The first-order valence-electron chi connectivity index (χ1n) is 7.09. The molecule has 0 aliphatic carbocycles. The van der Waals surface area contributed by atoms with Gasteiger partial charge in [0, 0.05) is 22.0 Å². The molecule has 0 spiro atoms. The van der Waals surface area contributed by atoms with Gasteiger partial charge in [0.15, 0.2) is 0 Å². The predicted molar refractivity (Wildman–Crippen MR) is 89.0 cm³/mol. The number of halogens is 1. The molecule has 0 amide bonds. The first kappa shape index (κ1) is 13.3. The summed E-state index contributed by atoms with van der Waals surface area (Å²) in [7, 11) is 0. The lowest BCUT2D eigenvalue weighted by Gasteiger charge is -2.03. The summed E-state index contributed by atoms with van der Waals surface area (Å²) in [5, 5.41) is 1.53. The molecule has 4 rings (SSSR count). The number of nitrogens with one attached hydrogen (secondary N) is 1. The Kier molecular flexibility index (Phi) is 2.91. The van der Waals surface area contributed by atoms with Crippen LogP contribution in [0, 0.1) is 6.92 Å². The van der Waals surface area contributed by atoms with Crippen molar-refractivity contribution in [3.05, 3.63) is 70.4 Å². The Morgan fingerprint density at radius 2 is 2.05 bits per heavy atom. The molecule has 2 aromatic carbocycles. The van der Waals surface area contributed by atoms with Crippen molar-refractivity contribution in [3.63, 3.8) is 0 Å². The van der Waals surface area contributed by atoms with Crippen LogP contribution in [0.5, 0.6) is 0 Å². The molecule has 1 aromatic heterocycles. The van der Waals surface area contributed by atoms with Crippen LogP contribution >= 0.6 is 11.6 Å². The van der Waals surface area contributed by atoms with Crippen LogP contribution in [0.15, 0.2) is 47.5 Å². The fourth-order valence-electron chi connectivity index (χ4n) is 2.82. The van der Waals surface area contributed by atoms with Gasteiger partial charge in [0.05, 0.1) is 12.2 Å². The number of carbonyl (C=O) groups excluding carboxylic acids is 1. The number of aromatic amines is 1. The van der Waals surface area contributed by atoms with Gasteiger partial charge >= 0.3 is 0 Å². The molecule has 0 unspecified atom stereocenters. The average Bonchev–Trinajstić information content (AvgIpc) is 3.10. The van der Waals surface area contributed by atoms with Gasteiger partial charge in [-0.05, 0) is 36.8 Å². The smallest absolute Gasteiger partial charge is 0.209 e. The number of hydrogen-bond donors (Lipinski definition) is 1. The van der Waals surface area contributed by atoms with E-state index in [1.807, 2.05) is 43.3 Å². The third kappa shape index (κ3) is 2.06. The maximum absolute atomic E-state index is 12.7. The SMILES string of the molecule is Cc1ccc2[nH]c(C(=O)c3ccc4c(c3)C(Cl)=NC4)cc2c1. The monoisotopic (exact) mass is 308 g/mol. The van der Waals surface area contributed by atoms with Gasteiger partial charge in [0.2, 0.25) is 5.78 Å². The standard InChI is InChI=1S/C18H13ClN2O/c1-10-2-5-15-13(6-10)8-16(21-15)17(22)11-3-4-12-9-20-18(19)14(12)7-11/h2-8,21H,9H2,1H3. The number of aliphatic imine (C=N–C) groups is 1. The number of aromatic nitrogens is 1. The highest BCUT2D eigenvalue weighted by Crippen LogP contribution is 2.24. The third-order valence-electron chi connectivity index (χ3n) is 4.00. The quantitative estimate of drug-likeness (QED) is 0.708. The summed E-state index contributed by atoms with van der Waals surface area (Å²) in [6, 6.07) is 13.6. The Morgan fingerprint density at radius 3 is 2.91 bits per heavy atom. The van der Waals surface area contributed by atoms with Crippen molar-refractivity contribution in [2.24, 2.45) is 4.99 Å². The van der Waals surface area contributed by atoms with E-state index in [0.717, 1.165) is 22.0 Å². The van der Waals surface area contributed by atoms with Gasteiger partial charge in [0.25, 0.3) is 0 Å². The van der Waals surface area contributed by atoms with Crippen LogP contribution in [0.25, 0.3) is 10.9 Å². The Labute approximate surface area is 132 Å². The number of fused-ring (bicyclic) bond motifs is 2. The highest BCUT2D eigenvalue weighted by Gasteiger charge is 2.18. The van der Waals surface area contributed by atoms with Gasteiger partial charge in [-0.15, -0.1) is 0 Å². The zero-order valence-electron chi connectivity index (χ0n) is 12.0. The topological polar surface area (TPSA) is 45.2 Å². The van der Waals surface area contributed by atoms with Crippen molar-refractivity contribution in [3.8, 4) is 0 Å². The lowest BCUT2D eigenvalue weighted by atomic mass is 10.0. The summed E-state index contributed by atoms with van der Waals surface area (Å²) < 4.78 is 0. The maximum atomic E-state index is 12.7. The summed E-state index contributed by atoms with van der Waals surface area (Å²) in [4.78, 5) is 20.1. The number of rotatable bonds is 2. The predicted octanol–water partition coefficient (Wildman–Crippen LogP) is 4.21. The van der Waals surface area contributed by atoms with E-state index in [0.29, 0.717) is 23.0 Å². The van der Waals surface area contributed by atoms with Crippen LogP contribution in [0.4, 0.5) is 0 Å². The molecule has 2 heterocycles. The number of H-pyrrole nitrogens is 1. The van der Waals surface area contributed by atoms with E-state index in [2.05, 4.69) is 16.0 Å². The average molecular weight is 309 g/mol. The van der Waals surface area contributed by atoms with Crippen LogP contribution in [-0.2, 0) is 6.54 Å². The van der Waals surface area contributed by atoms with Crippen molar-refractivity contribution in [1.82, 2.24) is 4.98 Å². The van der Waals surface area contributed by atoms with E-state index in [1.54, 1.807) is 0 Å². The fraction of sp³-hybridized carbons (Fsp3) is 0.111. The minimum Gasteiger partial charge on any atom is -0.352 e. The zero-order valence-corrected chi connectivity index (χ0v) is 12.7. The number of aryl methyl sites for hydroxylation is 1. The van der Waals surface area contributed by atoms with Gasteiger partial charge in [-0.1, -0.05) is 35.4 Å². The molecule has 0 saturated heterocycles. The molecule has 1 aliphatic rings. The minimum atomic E-state index is -0.0342. The summed E-state index contributed by atoms with van der Waals surface area (Å²) in [6.45, 7) is 2.63. The zero-order chi connectivity index (χ0) is 15.3. The second-order valence-corrected chi connectivity index (χ2v) is 5.94. The number of hydrogen-bond acceptors (Lipinski definition) is 2. The first-order chi connectivity index (χ1) is 10.6. The van der Waals surface area contributed by atoms with E-state index < -0.39 is 0 Å². The molecular formula is C18H13ClN2O. The summed E-state index contributed by atoms with van der Waals surface area (Å²) in [6.07, 6.45) is 0. The molecule has 22 heavy (non-hydrogen) atoms. The van der Waals surface area contributed by atoms with Crippen molar-refractivity contribution >= 4 is 33.5 Å². The van der Waals surface area contributed by atoms with Gasteiger partial charge in [-0.25, -0.2) is 0 Å². The molecule has 0 fully saturated rings. The van der Waals surface area contributed by atoms with Gasteiger partial charge in [-0.3, -0.25) is 9.79 Å². The highest BCUT2D eigenvalue weighted by molar-refractivity contribution is 6.70. The van der Waals surface area contributed by atoms with E-state index in [-0.39, 0.29) is 5.78 Å². The molecule has 0 atom stereocenters. The fourth-order valence-corrected chi connectivity index (χ4v) is 3.05. The number of carbonyl (C=O) groups is 1. The highest BCUT2D eigenvalue weighted by atomic mass is 35.5. The molecule has 1 N–H and O–H groups in total. The number of ketones is 1. The molecule has 0 radical (unpaired) electrons. The largest absolute Gasteiger partial charge is 0.352 e. The molecule has 3 nitrogen and oxygen atoms in total. The molecule has 4 heteroatoms. The molecular weight excluding hydrogens is 296 g/mol. The lowest BCUT2D eigenvalue weighted by molar-refractivity contribution is 0.103. The van der Waals surface area contributed by atoms with E-state index in [1.165, 1.54) is 5.56 Å². The second-order valence-electron chi connectivity index (χ2n) is 5.58. The molecule has 0 saturated carbocycles. The molecule has 1 aliphatic heterocycles. The summed E-state index contributed by atoms with van der Waals surface area (Å²) >= 11 is 6.08. The van der Waals surface area contributed by atoms with E-state index in [4.69, 9.17) is 11.6 Å². The van der Waals surface area contributed by atoms with Gasteiger partial charge in [-0.2, -0.15) is 0 Å². The van der Waals surface area contributed by atoms with Crippen LogP contribution < -0.4 is 0 Å². The summed E-state index contributed by atoms with van der Waals surface area (Å²) in [5.41, 5.74) is 5.28. The van der Waals surface area contributed by atoms with E-state index in [9.17, 15) is 4.79 Å². The first-order valence-corrected chi connectivity index (χ1v) is 7.47. The van der Waals surface area contributed by atoms with Crippen molar-refractivity contribution in [2.45, 2.75) is 13.5 Å². The number of nitrogens with zero attached hydrogens (tertiary/aromatic N) is 1. The normalized spacial score (nSPS) is 13.3.